The fourth-order valence-corrected chi connectivity index (χ4v) is 1.33. The molecule has 0 spiro atoms. The monoisotopic (exact) mass is 187 g/mol. The maximum atomic E-state index is 10.7. The Labute approximate surface area is 78.5 Å². The second kappa shape index (κ2) is 4.58. The molecule has 1 saturated carbocycles. The summed E-state index contributed by atoms with van der Waals surface area (Å²) in [5, 5.41) is 8.80. The highest BCUT2D eigenvalue weighted by Gasteiger charge is 2.29. The molecule has 1 atom stereocenters. The standard InChI is InChI=1S/C9H17NO3/c1-3-13-8(9(11)12)6-10(2)7-4-5-7/h7-8H,3-6H2,1-2H3,(H,11,12). The van der Waals surface area contributed by atoms with Crippen LogP contribution in [0.2, 0.25) is 0 Å². The van der Waals surface area contributed by atoms with Gasteiger partial charge < -0.3 is 14.7 Å². The van der Waals surface area contributed by atoms with Crippen molar-refractivity contribution in [3.8, 4) is 0 Å². The average Bonchev–Trinajstić information content (AvgIpc) is 2.85. The molecule has 0 radical (unpaired) electrons. The first kappa shape index (κ1) is 10.5. The number of hydrogen-bond donors (Lipinski definition) is 1. The number of hydrogen-bond acceptors (Lipinski definition) is 3. The van der Waals surface area contributed by atoms with E-state index < -0.39 is 12.1 Å². The number of carbonyl (C=O) groups is 1. The zero-order chi connectivity index (χ0) is 9.84. The van der Waals surface area contributed by atoms with E-state index in [0.29, 0.717) is 19.2 Å². The van der Waals surface area contributed by atoms with Crippen LogP contribution in [0.25, 0.3) is 0 Å². The molecule has 76 valence electrons. The second-order valence-corrected chi connectivity index (χ2v) is 3.45. The number of likely N-dealkylation sites (N-methyl/N-ethyl adjacent to an activating group) is 1. The topological polar surface area (TPSA) is 49.8 Å². The van der Waals surface area contributed by atoms with E-state index in [9.17, 15) is 4.79 Å². The molecule has 1 aliphatic carbocycles. The lowest BCUT2D eigenvalue weighted by atomic mass is 10.3. The van der Waals surface area contributed by atoms with Crippen LogP contribution in [0.1, 0.15) is 19.8 Å². The Morgan fingerprint density at radius 3 is 2.69 bits per heavy atom. The molecule has 0 aromatic carbocycles. The van der Waals surface area contributed by atoms with Crippen LogP contribution >= 0.6 is 0 Å². The van der Waals surface area contributed by atoms with Crippen molar-refractivity contribution in [2.75, 3.05) is 20.2 Å². The quantitative estimate of drug-likeness (QED) is 0.660. The van der Waals surface area contributed by atoms with Gasteiger partial charge in [-0.05, 0) is 26.8 Å². The van der Waals surface area contributed by atoms with Gasteiger partial charge in [0, 0.05) is 19.2 Å². The highest BCUT2D eigenvalue weighted by atomic mass is 16.5. The summed E-state index contributed by atoms with van der Waals surface area (Å²) in [4.78, 5) is 12.8. The van der Waals surface area contributed by atoms with Gasteiger partial charge in [0.1, 0.15) is 0 Å². The van der Waals surface area contributed by atoms with Crippen molar-refractivity contribution in [2.45, 2.75) is 31.9 Å². The molecule has 4 nitrogen and oxygen atoms in total. The molecule has 1 rings (SSSR count). The third-order valence-corrected chi connectivity index (χ3v) is 2.27. The van der Waals surface area contributed by atoms with Crippen molar-refractivity contribution in [1.29, 1.82) is 0 Å². The fraction of sp³-hybridized carbons (Fsp3) is 0.889. The Balaban J connectivity index is 2.31. The Kier molecular flexibility index (Phi) is 3.69. The van der Waals surface area contributed by atoms with Crippen LogP contribution in [0, 0.1) is 0 Å². The summed E-state index contributed by atoms with van der Waals surface area (Å²) in [6, 6.07) is 0.585. The van der Waals surface area contributed by atoms with Gasteiger partial charge in [0.25, 0.3) is 0 Å². The molecule has 13 heavy (non-hydrogen) atoms. The molecule has 4 heteroatoms. The normalized spacial score (nSPS) is 19.0. The third-order valence-electron chi connectivity index (χ3n) is 2.27. The van der Waals surface area contributed by atoms with E-state index in [4.69, 9.17) is 9.84 Å². The molecule has 0 aliphatic heterocycles. The molecule has 0 saturated heterocycles. The number of carboxylic acid groups (broad SMARTS) is 1. The lowest BCUT2D eigenvalue weighted by Gasteiger charge is -2.20. The van der Waals surface area contributed by atoms with E-state index >= 15 is 0 Å². The zero-order valence-electron chi connectivity index (χ0n) is 8.19. The molecular formula is C9H17NO3. The van der Waals surface area contributed by atoms with E-state index in [-0.39, 0.29) is 0 Å². The van der Waals surface area contributed by atoms with Crippen molar-refractivity contribution in [2.24, 2.45) is 0 Å². The number of carboxylic acids is 1. The van der Waals surface area contributed by atoms with Gasteiger partial charge in [-0.3, -0.25) is 0 Å². The van der Waals surface area contributed by atoms with Crippen molar-refractivity contribution >= 4 is 5.97 Å². The SMILES string of the molecule is CCOC(CN(C)C1CC1)C(=O)O. The number of nitrogens with zero attached hydrogens (tertiary/aromatic N) is 1. The van der Waals surface area contributed by atoms with E-state index in [2.05, 4.69) is 4.90 Å². The van der Waals surface area contributed by atoms with Crippen molar-refractivity contribution in [3.05, 3.63) is 0 Å². The average molecular weight is 187 g/mol. The molecule has 1 unspecified atom stereocenters. The Hall–Kier alpha value is -0.610. The molecule has 1 aliphatic rings. The van der Waals surface area contributed by atoms with Crippen LogP contribution in [0.15, 0.2) is 0 Å². The number of ether oxygens (including phenoxy) is 1. The minimum Gasteiger partial charge on any atom is -0.479 e. The van der Waals surface area contributed by atoms with Crippen LogP contribution in [0.5, 0.6) is 0 Å². The van der Waals surface area contributed by atoms with Gasteiger partial charge in [-0.25, -0.2) is 4.79 Å². The first-order valence-corrected chi connectivity index (χ1v) is 4.69. The van der Waals surface area contributed by atoms with Gasteiger partial charge in [0.05, 0.1) is 0 Å². The molecule has 0 bridgehead atoms. The van der Waals surface area contributed by atoms with Gasteiger partial charge >= 0.3 is 5.97 Å². The van der Waals surface area contributed by atoms with Gasteiger partial charge in [-0.2, -0.15) is 0 Å². The van der Waals surface area contributed by atoms with Crippen molar-refractivity contribution in [3.63, 3.8) is 0 Å². The molecule has 1 fully saturated rings. The summed E-state index contributed by atoms with van der Waals surface area (Å²) in [5.74, 6) is -0.866. The first-order valence-electron chi connectivity index (χ1n) is 4.69. The van der Waals surface area contributed by atoms with Crippen LogP contribution in [-0.4, -0.2) is 48.3 Å². The van der Waals surface area contributed by atoms with Crippen LogP contribution in [0.3, 0.4) is 0 Å². The lowest BCUT2D eigenvalue weighted by Crippen LogP contribution is -2.37. The van der Waals surface area contributed by atoms with Crippen molar-refractivity contribution in [1.82, 2.24) is 4.90 Å². The predicted molar refractivity (Wildman–Crippen MR) is 48.7 cm³/mol. The Morgan fingerprint density at radius 1 is 1.69 bits per heavy atom. The fourth-order valence-electron chi connectivity index (χ4n) is 1.33. The van der Waals surface area contributed by atoms with Gasteiger partial charge in [-0.15, -0.1) is 0 Å². The molecule has 0 heterocycles. The molecule has 0 aromatic rings. The van der Waals surface area contributed by atoms with Gasteiger partial charge in [0.2, 0.25) is 0 Å². The highest BCUT2D eigenvalue weighted by molar-refractivity contribution is 5.72. The van der Waals surface area contributed by atoms with Crippen molar-refractivity contribution < 1.29 is 14.6 Å². The highest BCUT2D eigenvalue weighted by Crippen LogP contribution is 2.25. The third kappa shape index (κ3) is 3.32. The molecule has 0 amide bonds. The lowest BCUT2D eigenvalue weighted by molar-refractivity contribution is -0.151. The minimum atomic E-state index is -0.866. The first-order chi connectivity index (χ1) is 6.15. The Morgan fingerprint density at radius 2 is 2.31 bits per heavy atom. The smallest absolute Gasteiger partial charge is 0.334 e. The largest absolute Gasteiger partial charge is 0.479 e. The van der Waals surface area contributed by atoms with Gasteiger partial charge in [-0.1, -0.05) is 0 Å². The van der Waals surface area contributed by atoms with E-state index in [0.717, 1.165) is 0 Å². The van der Waals surface area contributed by atoms with E-state index in [1.165, 1.54) is 12.8 Å². The second-order valence-electron chi connectivity index (χ2n) is 3.45. The van der Waals surface area contributed by atoms with Crippen LogP contribution in [-0.2, 0) is 9.53 Å². The van der Waals surface area contributed by atoms with E-state index in [1.54, 1.807) is 0 Å². The number of aliphatic carboxylic acids is 1. The minimum absolute atomic E-state index is 0.454. The summed E-state index contributed by atoms with van der Waals surface area (Å²) in [5.41, 5.74) is 0. The molecule has 0 aromatic heterocycles. The van der Waals surface area contributed by atoms with E-state index in [1.807, 2.05) is 14.0 Å². The maximum Gasteiger partial charge on any atom is 0.334 e. The maximum absolute atomic E-state index is 10.7. The summed E-state index contributed by atoms with van der Waals surface area (Å²) < 4.78 is 5.11. The Bertz CT molecular complexity index is 180. The molecule has 1 N–H and O–H groups in total. The summed E-state index contributed by atoms with van der Waals surface area (Å²) in [6.45, 7) is 2.76. The van der Waals surface area contributed by atoms with Gasteiger partial charge in [0.15, 0.2) is 6.10 Å². The zero-order valence-corrected chi connectivity index (χ0v) is 8.19. The van der Waals surface area contributed by atoms with Crippen LogP contribution in [0.4, 0.5) is 0 Å². The summed E-state index contributed by atoms with van der Waals surface area (Å²) in [7, 11) is 1.95. The number of rotatable bonds is 6. The molecular weight excluding hydrogens is 170 g/mol. The van der Waals surface area contributed by atoms with Crippen LogP contribution < -0.4 is 0 Å². The predicted octanol–water partition coefficient (Wildman–Crippen LogP) is 0.570. The summed E-state index contributed by atoms with van der Waals surface area (Å²) in [6.07, 6.45) is 1.71. The summed E-state index contributed by atoms with van der Waals surface area (Å²) >= 11 is 0.